The van der Waals surface area contributed by atoms with Crippen molar-refractivity contribution in [1.29, 1.82) is 5.26 Å². The molecule has 0 radical (unpaired) electrons. The Kier molecular flexibility index (Phi) is 4.20. The van der Waals surface area contributed by atoms with Crippen molar-refractivity contribution < 1.29 is 0 Å². The van der Waals surface area contributed by atoms with Gasteiger partial charge in [0.15, 0.2) is 6.19 Å². The van der Waals surface area contributed by atoms with Gasteiger partial charge in [-0.3, -0.25) is 4.90 Å². The molecule has 20 heavy (non-hydrogen) atoms. The highest BCUT2D eigenvalue weighted by molar-refractivity contribution is 9.10. The molecule has 0 bridgehead atoms. The molecule has 2 rings (SSSR count). The molecule has 102 valence electrons. The van der Waals surface area contributed by atoms with E-state index in [0.29, 0.717) is 17.5 Å². The van der Waals surface area contributed by atoms with Crippen LogP contribution in [0.4, 0.5) is 17.3 Å². The first-order valence-corrected chi connectivity index (χ1v) is 6.81. The van der Waals surface area contributed by atoms with E-state index in [1.165, 1.54) is 10.5 Å². The second-order valence-corrected chi connectivity index (χ2v) is 5.26. The van der Waals surface area contributed by atoms with Crippen LogP contribution < -0.4 is 10.2 Å². The summed E-state index contributed by atoms with van der Waals surface area (Å²) in [6.45, 7) is 3.83. The van der Waals surface area contributed by atoms with Crippen molar-refractivity contribution in [3.8, 4) is 6.19 Å². The van der Waals surface area contributed by atoms with E-state index in [9.17, 15) is 0 Å². The molecule has 0 saturated carbocycles. The maximum absolute atomic E-state index is 8.92. The van der Waals surface area contributed by atoms with Gasteiger partial charge in [0.25, 0.3) is 0 Å². The molecule has 0 aliphatic heterocycles. The molecule has 0 fully saturated rings. The normalized spacial score (nSPS) is 9.95. The lowest BCUT2D eigenvalue weighted by Gasteiger charge is -2.12. The van der Waals surface area contributed by atoms with E-state index >= 15 is 0 Å². The van der Waals surface area contributed by atoms with Crippen molar-refractivity contribution in [1.82, 2.24) is 9.97 Å². The number of benzene rings is 1. The maximum Gasteiger partial charge on any atom is 0.185 e. The van der Waals surface area contributed by atoms with Crippen LogP contribution in [0, 0.1) is 25.3 Å². The van der Waals surface area contributed by atoms with Crippen molar-refractivity contribution in [2.45, 2.75) is 13.8 Å². The molecule has 0 aliphatic rings. The minimum absolute atomic E-state index is 0.564. The van der Waals surface area contributed by atoms with Gasteiger partial charge in [-0.15, -0.1) is 0 Å². The van der Waals surface area contributed by atoms with Crippen LogP contribution in [0.25, 0.3) is 0 Å². The molecule has 0 atom stereocenters. The maximum atomic E-state index is 8.92. The first-order valence-electron chi connectivity index (χ1n) is 6.02. The summed E-state index contributed by atoms with van der Waals surface area (Å²) in [5, 5.41) is 12.1. The summed E-state index contributed by atoms with van der Waals surface area (Å²) in [6.07, 6.45) is 2.02. The number of anilines is 3. The first-order chi connectivity index (χ1) is 9.49. The van der Waals surface area contributed by atoms with E-state index in [1.54, 1.807) is 20.0 Å². The zero-order chi connectivity index (χ0) is 14.7. The summed E-state index contributed by atoms with van der Waals surface area (Å²) >= 11 is 3.50. The minimum atomic E-state index is 0.564. The van der Waals surface area contributed by atoms with Gasteiger partial charge in [0.1, 0.15) is 17.5 Å². The zero-order valence-corrected chi connectivity index (χ0v) is 13.1. The third-order valence-electron chi connectivity index (χ3n) is 2.76. The highest BCUT2D eigenvalue weighted by Crippen LogP contribution is 2.24. The fourth-order valence-electron chi connectivity index (χ4n) is 1.66. The predicted molar refractivity (Wildman–Crippen MR) is 82.9 cm³/mol. The van der Waals surface area contributed by atoms with Crippen LogP contribution in [0.2, 0.25) is 0 Å². The summed E-state index contributed by atoms with van der Waals surface area (Å²) in [6, 6.07) is 7.72. The highest BCUT2D eigenvalue weighted by atomic mass is 79.9. The Morgan fingerprint density at radius 1 is 1.25 bits per heavy atom. The molecular formula is C14H14BrN5. The molecule has 2 aromatic rings. The van der Waals surface area contributed by atoms with Crippen LogP contribution in [0.3, 0.4) is 0 Å². The summed E-state index contributed by atoms with van der Waals surface area (Å²) in [5.41, 5.74) is 2.09. The highest BCUT2D eigenvalue weighted by Gasteiger charge is 2.06. The third-order valence-corrected chi connectivity index (χ3v) is 3.62. The van der Waals surface area contributed by atoms with Crippen molar-refractivity contribution >= 4 is 33.3 Å². The van der Waals surface area contributed by atoms with E-state index in [0.717, 1.165) is 10.2 Å². The first kappa shape index (κ1) is 14.3. The largest absolute Gasteiger partial charge is 0.340 e. The Bertz CT molecular complexity index is 678. The smallest absolute Gasteiger partial charge is 0.185 e. The molecule has 1 N–H and O–H groups in total. The summed E-state index contributed by atoms with van der Waals surface area (Å²) < 4.78 is 1.03. The van der Waals surface area contributed by atoms with Gasteiger partial charge in [0.05, 0.1) is 0 Å². The number of hydrogen-bond donors (Lipinski definition) is 1. The number of halogens is 1. The zero-order valence-electron chi connectivity index (χ0n) is 11.5. The van der Waals surface area contributed by atoms with E-state index in [-0.39, 0.29) is 0 Å². The van der Waals surface area contributed by atoms with Crippen LogP contribution in [0.15, 0.2) is 28.7 Å². The lowest BCUT2D eigenvalue weighted by atomic mass is 10.2. The standard InChI is InChI=1S/C14H14BrN5/c1-9-4-5-11(6-12(9)15)19-13-7-14(20(3)8-16)18-10(2)17-13/h4-7H,1-3H3,(H,17,18,19). The molecule has 1 aromatic carbocycles. The molecule has 0 spiro atoms. The molecule has 1 aromatic heterocycles. The van der Waals surface area contributed by atoms with Crippen LogP contribution in [-0.2, 0) is 0 Å². The van der Waals surface area contributed by atoms with Gasteiger partial charge in [-0.2, -0.15) is 5.26 Å². The number of hydrogen-bond acceptors (Lipinski definition) is 5. The molecular weight excluding hydrogens is 318 g/mol. The Balaban J connectivity index is 2.31. The number of nitrogens with zero attached hydrogens (tertiary/aromatic N) is 4. The molecule has 6 heteroatoms. The average molecular weight is 332 g/mol. The molecule has 0 saturated heterocycles. The predicted octanol–water partition coefficient (Wildman–Crippen LogP) is 3.52. The second kappa shape index (κ2) is 5.88. The summed E-state index contributed by atoms with van der Waals surface area (Å²) in [5.74, 6) is 1.83. The van der Waals surface area contributed by atoms with Crippen LogP contribution in [0.5, 0.6) is 0 Å². The average Bonchev–Trinajstić information content (AvgIpc) is 2.41. The lowest BCUT2D eigenvalue weighted by molar-refractivity contribution is 1.02. The fourth-order valence-corrected chi connectivity index (χ4v) is 2.04. The number of nitriles is 1. The molecule has 1 heterocycles. The van der Waals surface area contributed by atoms with Crippen LogP contribution in [-0.4, -0.2) is 17.0 Å². The Hall–Kier alpha value is -2.13. The van der Waals surface area contributed by atoms with E-state index in [2.05, 4.69) is 31.2 Å². The Labute approximate surface area is 126 Å². The van der Waals surface area contributed by atoms with Crippen molar-refractivity contribution in [2.24, 2.45) is 0 Å². The van der Waals surface area contributed by atoms with E-state index in [1.807, 2.05) is 31.3 Å². The van der Waals surface area contributed by atoms with Gasteiger partial charge >= 0.3 is 0 Å². The monoisotopic (exact) mass is 331 g/mol. The van der Waals surface area contributed by atoms with Gasteiger partial charge in [0.2, 0.25) is 0 Å². The topological polar surface area (TPSA) is 64.8 Å². The number of aromatic nitrogens is 2. The SMILES string of the molecule is Cc1nc(Nc2ccc(C)c(Br)c2)cc(N(C)C#N)n1. The van der Waals surface area contributed by atoms with Crippen molar-refractivity contribution in [2.75, 3.05) is 17.3 Å². The Morgan fingerprint density at radius 3 is 2.65 bits per heavy atom. The van der Waals surface area contributed by atoms with Gasteiger partial charge in [-0.05, 0) is 31.5 Å². The number of aryl methyl sites for hydroxylation is 2. The van der Waals surface area contributed by atoms with Gasteiger partial charge < -0.3 is 5.32 Å². The number of rotatable bonds is 3. The van der Waals surface area contributed by atoms with Gasteiger partial charge in [-0.1, -0.05) is 22.0 Å². The second-order valence-electron chi connectivity index (χ2n) is 4.41. The molecule has 0 unspecified atom stereocenters. The van der Waals surface area contributed by atoms with Gasteiger partial charge in [0, 0.05) is 23.3 Å². The molecule has 0 amide bonds. The third kappa shape index (κ3) is 3.25. The number of nitrogens with one attached hydrogen (secondary N) is 1. The summed E-state index contributed by atoms with van der Waals surface area (Å²) in [7, 11) is 1.66. The van der Waals surface area contributed by atoms with Gasteiger partial charge in [-0.25, -0.2) is 9.97 Å². The lowest BCUT2D eigenvalue weighted by Crippen LogP contribution is -2.12. The summed E-state index contributed by atoms with van der Waals surface area (Å²) in [4.78, 5) is 9.94. The quantitative estimate of drug-likeness (QED) is 0.688. The van der Waals surface area contributed by atoms with Crippen molar-refractivity contribution in [3.63, 3.8) is 0 Å². The molecule has 0 aliphatic carbocycles. The van der Waals surface area contributed by atoms with Crippen LogP contribution >= 0.6 is 15.9 Å². The van der Waals surface area contributed by atoms with Crippen molar-refractivity contribution in [3.05, 3.63) is 40.1 Å². The Morgan fingerprint density at radius 2 is 2.00 bits per heavy atom. The minimum Gasteiger partial charge on any atom is -0.340 e. The molecule has 5 nitrogen and oxygen atoms in total. The fraction of sp³-hybridized carbons (Fsp3) is 0.214. The van der Waals surface area contributed by atoms with E-state index in [4.69, 9.17) is 5.26 Å². The van der Waals surface area contributed by atoms with Crippen LogP contribution in [0.1, 0.15) is 11.4 Å². The van der Waals surface area contributed by atoms with E-state index < -0.39 is 0 Å².